The van der Waals surface area contributed by atoms with Crippen LogP contribution in [-0.4, -0.2) is 48.0 Å². The first-order valence-electron chi connectivity index (χ1n) is 6.89. The number of aromatic nitrogens is 1. The molecule has 1 aromatic rings. The number of likely N-dealkylation sites (N-methyl/N-ethyl adjacent to an activating group) is 1. The van der Waals surface area contributed by atoms with E-state index in [1.54, 1.807) is 6.20 Å². The lowest BCUT2D eigenvalue weighted by Crippen LogP contribution is -2.58. The first kappa shape index (κ1) is 14.0. The van der Waals surface area contributed by atoms with Crippen molar-refractivity contribution in [1.82, 2.24) is 20.5 Å². The molecule has 0 saturated carbocycles. The summed E-state index contributed by atoms with van der Waals surface area (Å²) in [6.07, 6.45) is 1.80. The molecule has 1 aliphatic rings. The van der Waals surface area contributed by atoms with E-state index in [1.165, 1.54) is 0 Å². The highest BCUT2D eigenvalue weighted by Gasteiger charge is 2.32. The van der Waals surface area contributed by atoms with Crippen LogP contribution in [0.5, 0.6) is 0 Å². The van der Waals surface area contributed by atoms with Crippen LogP contribution in [0.3, 0.4) is 0 Å². The fourth-order valence-electron chi connectivity index (χ4n) is 2.51. The maximum Gasteiger partial charge on any atom is 0.238 e. The van der Waals surface area contributed by atoms with Crippen LogP contribution in [0.2, 0.25) is 0 Å². The third kappa shape index (κ3) is 3.30. The summed E-state index contributed by atoms with van der Waals surface area (Å²) in [7, 11) is 0. The van der Waals surface area contributed by atoms with Gasteiger partial charge in [-0.1, -0.05) is 6.07 Å². The second-order valence-corrected chi connectivity index (χ2v) is 4.78. The molecule has 1 fully saturated rings. The predicted octanol–water partition coefficient (Wildman–Crippen LogP) is 0.553. The van der Waals surface area contributed by atoms with E-state index < -0.39 is 0 Å². The topological polar surface area (TPSA) is 57.3 Å². The monoisotopic (exact) mass is 262 g/mol. The summed E-state index contributed by atoms with van der Waals surface area (Å²) in [4.78, 5) is 18.8. The Kier molecular flexibility index (Phi) is 4.87. The van der Waals surface area contributed by atoms with Crippen LogP contribution < -0.4 is 10.6 Å². The number of amides is 1. The Bertz CT molecular complexity index is 409. The van der Waals surface area contributed by atoms with Gasteiger partial charge in [0.25, 0.3) is 0 Å². The Morgan fingerprint density at radius 3 is 3.16 bits per heavy atom. The number of rotatable bonds is 4. The third-order valence-corrected chi connectivity index (χ3v) is 3.55. The van der Waals surface area contributed by atoms with E-state index in [2.05, 4.69) is 27.4 Å². The molecule has 5 heteroatoms. The van der Waals surface area contributed by atoms with E-state index in [0.29, 0.717) is 13.1 Å². The molecule has 2 heterocycles. The van der Waals surface area contributed by atoms with E-state index in [0.717, 1.165) is 18.8 Å². The van der Waals surface area contributed by atoms with Crippen molar-refractivity contribution in [2.75, 3.05) is 26.2 Å². The van der Waals surface area contributed by atoms with Crippen LogP contribution in [0.25, 0.3) is 0 Å². The van der Waals surface area contributed by atoms with E-state index in [1.807, 2.05) is 25.1 Å². The second-order valence-electron chi connectivity index (χ2n) is 4.78. The first-order valence-corrected chi connectivity index (χ1v) is 6.89. The fraction of sp³-hybridized carbons (Fsp3) is 0.571. The van der Waals surface area contributed by atoms with Crippen molar-refractivity contribution >= 4 is 5.91 Å². The van der Waals surface area contributed by atoms with Gasteiger partial charge in [0.15, 0.2) is 0 Å². The Labute approximate surface area is 114 Å². The van der Waals surface area contributed by atoms with Gasteiger partial charge in [0.05, 0.1) is 11.7 Å². The molecule has 2 unspecified atom stereocenters. The minimum absolute atomic E-state index is 0.0949. The zero-order valence-corrected chi connectivity index (χ0v) is 11.6. The minimum Gasteiger partial charge on any atom is -0.355 e. The Hall–Kier alpha value is -1.46. The van der Waals surface area contributed by atoms with Crippen LogP contribution in [0.15, 0.2) is 24.4 Å². The maximum absolute atomic E-state index is 12.1. The Morgan fingerprint density at radius 2 is 2.47 bits per heavy atom. The molecule has 2 N–H and O–H groups in total. The average Bonchev–Trinajstić information content (AvgIpc) is 2.47. The Morgan fingerprint density at radius 1 is 1.63 bits per heavy atom. The van der Waals surface area contributed by atoms with Crippen molar-refractivity contribution in [3.8, 4) is 0 Å². The van der Waals surface area contributed by atoms with Crippen molar-refractivity contribution in [1.29, 1.82) is 0 Å². The van der Waals surface area contributed by atoms with Gasteiger partial charge in [-0.3, -0.25) is 14.7 Å². The third-order valence-electron chi connectivity index (χ3n) is 3.55. The van der Waals surface area contributed by atoms with E-state index in [9.17, 15) is 4.79 Å². The number of piperazine rings is 1. The lowest BCUT2D eigenvalue weighted by atomic mass is 10.1. The molecule has 1 aliphatic heterocycles. The molecule has 5 nitrogen and oxygen atoms in total. The molecule has 1 saturated heterocycles. The number of carbonyl (C=O) groups is 1. The van der Waals surface area contributed by atoms with Crippen LogP contribution in [0, 0.1) is 0 Å². The van der Waals surface area contributed by atoms with E-state index in [-0.39, 0.29) is 18.0 Å². The molecule has 1 aromatic heterocycles. The fourth-order valence-corrected chi connectivity index (χ4v) is 2.51. The summed E-state index contributed by atoms with van der Waals surface area (Å²) in [6, 6.07) is 5.94. The maximum atomic E-state index is 12.1. The summed E-state index contributed by atoms with van der Waals surface area (Å²) in [5.41, 5.74) is 1.01. The highest BCUT2D eigenvalue weighted by molar-refractivity contribution is 5.82. The van der Waals surface area contributed by atoms with Gasteiger partial charge < -0.3 is 10.6 Å². The average molecular weight is 262 g/mol. The highest BCUT2D eigenvalue weighted by atomic mass is 16.2. The molecule has 19 heavy (non-hydrogen) atoms. The molecule has 0 spiro atoms. The molecule has 0 aromatic carbocycles. The first-order chi connectivity index (χ1) is 9.24. The molecule has 1 amide bonds. The van der Waals surface area contributed by atoms with Crippen molar-refractivity contribution < 1.29 is 4.79 Å². The molecular weight excluding hydrogens is 240 g/mol. The van der Waals surface area contributed by atoms with Gasteiger partial charge in [-0.25, -0.2) is 0 Å². The second kappa shape index (κ2) is 6.63. The van der Waals surface area contributed by atoms with Crippen LogP contribution in [0.4, 0.5) is 0 Å². The Balaban J connectivity index is 2.13. The van der Waals surface area contributed by atoms with Crippen molar-refractivity contribution in [3.05, 3.63) is 30.1 Å². The highest BCUT2D eigenvalue weighted by Crippen LogP contribution is 2.21. The zero-order valence-electron chi connectivity index (χ0n) is 11.6. The van der Waals surface area contributed by atoms with Gasteiger partial charge in [-0.15, -0.1) is 0 Å². The van der Waals surface area contributed by atoms with Crippen LogP contribution in [0.1, 0.15) is 25.6 Å². The molecule has 2 rings (SSSR count). The number of carbonyl (C=O) groups excluding carboxylic acids is 1. The summed E-state index contributed by atoms with van der Waals surface area (Å²) < 4.78 is 0. The smallest absolute Gasteiger partial charge is 0.238 e. The van der Waals surface area contributed by atoms with Gasteiger partial charge in [-0.2, -0.15) is 0 Å². The lowest BCUT2D eigenvalue weighted by Gasteiger charge is -2.38. The van der Waals surface area contributed by atoms with E-state index >= 15 is 0 Å². The van der Waals surface area contributed by atoms with Gasteiger partial charge in [0.2, 0.25) is 5.91 Å². The SMILES string of the molecule is CCNC(=O)C1CNCCN1C(C)c1ccccn1. The van der Waals surface area contributed by atoms with E-state index in [4.69, 9.17) is 0 Å². The minimum atomic E-state index is -0.120. The van der Waals surface area contributed by atoms with Crippen molar-refractivity contribution in [3.63, 3.8) is 0 Å². The molecule has 2 atom stereocenters. The molecular formula is C14H22N4O. The van der Waals surface area contributed by atoms with Crippen LogP contribution >= 0.6 is 0 Å². The van der Waals surface area contributed by atoms with Gasteiger partial charge in [0, 0.05) is 32.4 Å². The number of pyridine rings is 1. The van der Waals surface area contributed by atoms with Gasteiger partial charge >= 0.3 is 0 Å². The van der Waals surface area contributed by atoms with Gasteiger partial charge in [0.1, 0.15) is 6.04 Å². The largest absolute Gasteiger partial charge is 0.355 e. The summed E-state index contributed by atoms with van der Waals surface area (Å²) in [5, 5.41) is 6.20. The van der Waals surface area contributed by atoms with Gasteiger partial charge in [-0.05, 0) is 26.0 Å². The number of nitrogens with one attached hydrogen (secondary N) is 2. The molecule has 0 aliphatic carbocycles. The molecule has 0 radical (unpaired) electrons. The number of hydrogen-bond donors (Lipinski definition) is 2. The normalized spacial score (nSPS) is 21.9. The van der Waals surface area contributed by atoms with Crippen molar-refractivity contribution in [2.24, 2.45) is 0 Å². The lowest BCUT2D eigenvalue weighted by molar-refractivity contribution is -0.128. The summed E-state index contributed by atoms with van der Waals surface area (Å²) in [6.45, 7) is 7.19. The number of nitrogens with zero attached hydrogens (tertiary/aromatic N) is 2. The van der Waals surface area contributed by atoms with Crippen molar-refractivity contribution in [2.45, 2.75) is 25.9 Å². The predicted molar refractivity (Wildman–Crippen MR) is 74.7 cm³/mol. The van der Waals surface area contributed by atoms with Crippen LogP contribution in [-0.2, 0) is 4.79 Å². The standard InChI is InChI=1S/C14H22N4O/c1-3-16-14(19)13-10-15-8-9-18(13)11(2)12-6-4-5-7-17-12/h4-7,11,13,15H,3,8-10H2,1-2H3,(H,16,19). The molecule has 104 valence electrons. The quantitative estimate of drug-likeness (QED) is 0.832. The molecule has 0 bridgehead atoms. The number of hydrogen-bond acceptors (Lipinski definition) is 4. The summed E-state index contributed by atoms with van der Waals surface area (Å²) in [5.74, 6) is 0.0949. The zero-order chi connectivity index (χ0) is 13.7. The summed E-state index contributed by atoms with van der Waals surface area (Å²) >= 11 is 0.